The van der Waals surface area contributed by atoms with Crippen LogP contribution in [0.3, 0.4) is 0 Å². The summed E-state index contributed by atoms with van der Waals surface area (Å²) >= 11 is 0. The predicted molar refractivity (Wildman–Crippen MR) is 117 cm³/mol. The number of methoxy groups -OCH3 is 3. The molecule has 1 atom stereocenters. The Morgan fingerprint density at radius 1 is 1.12 bits per heavy atom. The first kappa shape index (κ1) is 23.3. The highest BCUT2D eigenvalue weighted by molar-refractivity contribution is 5.99. The van der Waals surface area contributed by atoms with E-state index in [0.717, 1.165) is 5.56 Å². The van der Waals surface area contributed by atoms with E-state index in [1.807, 2.05) is 24.3 Å². The fourth-order valence-electron chi connectivity index (χ4n) is 3.68. The van der Waals surface area contributed by atoms with Crippen molar-refractivity contribution in [1.29, 1.82) is 0 Å². The highest BCUT2D eigenvalue weighted by Gasteiger charge is 2.27. The quantitative estimate of drug-likeness (QED) is 0.463. The topological polar surface area (TPSA) is 112 Å². The van der Waals surface area contributed by atoms with Gasteiger partial charge in [-0.2, -0.15) is 0 Å². The number of nitro benzene ring substituents is 1. The van der Waals surface area contributed by atoms with Crippen LogP contribution in [0.2, 0.25) is 0 Å². The summed E-state index contributed by atoms with van der Waals surface area (Å²) in [4.78, 5) is 26.2. The van der Waals surface area contributed by atoms with E-state index in [-0.39, 0.29) is 35.3 Å². The number of carbonyl (C=O) groups is 1. The van der Waals surface area contributed by atoms with Crippen LogP contribution >= 0.6 is 0 Å². The molecule has 0 radical (unpaired) electrons. The summed E-state index contributed by atoms with van der Waals surface area (Å²) in [6.45, 7) is 2.84. The van der Waals surface area contributed by atoms with Crippen molar-refractivity contribution < 1.29 is 28.7 Å². The van der Waals surface area contributed by atoms with Crippen LogP contribution in [0.4, 0.5) is 5.69 Å². The monoisotopic (exact) mass is 445 g/mol. The normalized spacial score (nSPS) is 15.0. The van der Waals surface area contributed by atoms with E-state index >= 15 is 0 Å². The minimum atomic E-state index is -0.613. The molecule has 32 heavy (non-hydrogen) atoms. The Morgan fingerprint density at radius 3 is 2.44 bits per heavy atom. The summed E-state index contributed by atoms with van der Waals surface area (Å²) < 4.78 is 21.1. The van der Waals surface area contributed by atoms with Crippen molar-refractivity contribution in [1.82, 2.24) is 10.2 Å². The largest absolute Gasteiger partial charge is 0.497 e. The van der Waals surface area contributed by atoms with Crippen LogP contribution in [0.1, 0.15) is 22.0 Å². The van der Waals surface area contributed by atoms with Gasteiger partial charge in [0.05, 0.1) is 51.6 Å². The molecular weight excluding hydrogens is 418 g/mol. The molecule has 1 aliphatic rings. The van der Waals surface area contributed by atoms with Gasteiger partial charge in [-0.05, 0) is 17.7 Å². The third-order valence-corrected chi connectivity index (χ3v) is 5.36. The smallest absolute Gasteiger partial charge is 0.286 e. The minimum Gasteiger partial charge on any atom is -0.497 e. The van der Waals surface area contributed by atoms with Crippen molar-refractivity contribution in [3.8, 4) is 17.2 Å². The molecular formula is C22H27N3O7. The molecule has 3 rings (SSSR count). The van der Waals surface area contributed by atoms with Crippen LogP contribution in [0.25, 0.3) is 0 Å². The van der Waals surface area contributed by atoms with E-state index in [9.17, 15) is 14.9 Å². The highest BCUT2D eigenvalue weighted by atomic mass is 16.6. The Balaban J connectivity index is 1.87. The van der Waals surface area contributed by atoms with Crippen LogP contribution in [-0.4, -0.2) is 69.9 Å². The molecule has 10 nitrogen and oxygen atoms in total. The van der Waals surface area contributed by atoms with Gasteiger partial charge in [0.25, 0.3) is 11.6 Å². The third kappa shape index (κ3) is 5.27. The second kappa shape index (κ2) is 10.8. The molecule has 0 saturated carbocycles. The number of amides is 1. The van der Waals surface area contributed by atoms with Gasteiger partial charge in [-0.1, -0.05) is 12.1 Å². The minimum absolute atomic E-state index is 0.0981. The number of benzene rings is 2. The van der Waals surface area contributed by atoms with E-state index < -0.39 is 10.8 Å². The average molecular weight is 445 g/mol. The second-order valence-corrected chi connectivity index (χ2v) is 7.13. The second-order valence-electron chi connectivity index (χ2n) is 7.13. The van der Waals surface area contributed by atoms with Gasteiger partial charge >= 0.3 is 0 Å². The molecule has 1 aliphatic heterocycles. The molecule has 172 valence electrons. The molecule has 1 saturated heterocycles. The molecule has 2 aromatic rings. The fourth-order valence-corrected chi connectivity index (χ4v) is 3.68. The predicted octanol–water partition coefficient (Wildman–Crippen LogP) is 2.42. The Bertz CT molecular complexity index is 961. The molecule has 1 heterocycles. The van der Waals surface area contributed by atoms with Crippen molar-refractivity contribution in [2.75, 3.05) is 54.2 Å². The van der Waals surface area contributed by atoms with Crippen LogP contribution in [-0.2, 0) is 4.74 Å². The van der Waals surface area contributed by atoms with E-state index in [0.29, 0.717) is 32.1 Å². The van der Waals surface area contributed by atoms with Gasteiger partial charge in [-0.15, -0.1) is 0 Å². The Morgan fingerprint density at radius 2 is 1.81 bits per heavy atom. The van der Waals surface area contributed by atoms with Crippen molar-refractivity contribution in [3.63, 3.8) is 0 Å². The molecule has 0 aliphatic carbocycles. The van der Waals surface area contributed by atoms with E-state index in [2.05, 4.69) is 10.2 Å². The third-order valence-electron chi connectivity index (χ3n) is 5.36. The van der Waals surface area contributed by atoms with Crippen molar-refractivity contribution in [2.24, 2.45) is 0 Å². The number of nitrogens with one attached hydrogen (secondary N) is 1. The molecule has 1 N–H and O–H groups in total. The Labute approximate surface area is 186 Å². The lowest BCUT2D eigenvalue weighted by molar-refractivity contribution is -0.385. The van der Waals surface area contributed by atoms with E-state index in [1.54, 1.807) is 7.11 Å². The molecule has 0 aromatic heterocycles. The Hall–Kier alpha value is -3.37. The van der Waals surface area contributed by atoms with Gasteiger partial charge < -0.3 is 24.3 Å². The van der Waals surface area contributed by atoms with Gasteiger partial charge in [0.1, 0.15) is 11.3 Å². The molecule has 0 spiro atoms. The lowest BCUT2D eigenvalue weighted by Gasteiger charge is -2.35. The van der Waals surface area contributed by atoms with Gasteiger partial charge in [-0.25, -0.2) is 0 Å². The molecule has 0 unspecified atom stereocenters. The van der Waals surface area contributed by atoms with Crippen molar-refractivity contribution in [3.05, 3.63) is 57.6 Å². The maximum absolute atomic E-state index is 13.0. The summed E-state index contributed by atoms with van der Waals surface area (Å²) in [5.74, 6) is 0.556. The van der Waals surface area contributed by atoms with Gasteiger partial charge in [0.15, 0.2) is 11.5 Å². The van der Waals surface area contributed by atoms with Crippen LogP contribution in [0, 0.1) is 10.1 Å². The number of rotatable bonds is 9. The molecule has 0 bridgehead atoms. The highest BCUT2D eigenvalue weighted by Crippen LogP contribution is 2.34. The molecule has 1 fully saturated rings. The van der Waals surface area contributed by atoms with Gasteiger partial charge in [0, 0.05) is 25.7 Å². The van der Waals surface area contributed by atoms with Crippen LogP contribution < -0.4 is 19.5 Å². The standard InChI is InChI=1S/C22H27N3O7/c1-29-16-6-4-5-15(11-16)19(24-7-9-32-10-8-24)14-23-22(26)17-12-20(30-2)21(31-3)13-18(17)25(27)28/h4-6,11-13,19H,7-10,14H2,1-3H3,(H,23,26)/t19-/m1/s1. The van der Waals surface area contributed by atoms with E-state index in [1.165, 1.54) is 26.4 Å². The van der Waals surface area contributed by atoms with Crippen LogP contribution in [0.5, 0.6) is 17.2 Å². The first-order valence-electron chi connectivity index (χ1n) is 10.1. The van der Waals surface area contributed by atoms with Crippen molar-refractivity contribution in [2.45, 2.75) is 6.04 Å². The Kier molecular flexibility index (Phi) is 7.85. The maximum Gasteiger partial charge on any atom is 0.286 e. The summed E-state index contributed by atoms with van der Waals surface area (Å²) in [6, 6.07) is 9.99. The zero-order chi connectivity index (χ0) is 23.1. The SMILES string of the molecule is COc1cccc([C@@H](CNC(=O)c2cc(OC)c(OC)cc2[N+](=O)[O-])N2CCOCC2)c1. The average Bonchev–Trinajstić information content (AvgIpc) is 2.83. The number of morpholine rings is 1. The zero-order valence-corrected chi connectivity index (χ0v) is 18.3. The number of hydrogen-bond donors (Lipinski definition) is 1. The number of ether oxygens (including phenoxy) is 4. The summed E-state index contributed by atoms with van der Waals surface area (Å²) in [5, 5.41) is 14.4. The summed E-state index contributed by atoms with van der Waals surface area (Å²) in [5.41, 5.74) is 0.511. The van der Waals surface area contributed by atoms with Gasteiger partial charge in [0.2, 0.25) is 0 Å². The number of hydrogen-bond acceptors (Lipinski definition) is 8. The maximum atomic E-state index is 13.0. The molecule has 2 aromatic carbocycles. The van der Waals surface area contributed by atoms with Gasteiger partial charge in [-0.3, -0.25) is 19.8 Å². The fraction of sp³-hybridized carbons (Fsp3) is 0.409. The van der Waals surface area contributed by atoms with E-state index in [4.69, 9.17) is 18.9 Å². The van der Waals surface area contributed by atoms with Crippen LogP contribution in [0.15, 0.2) is 36.4 Å². The summed E-state index contributed by atoms with van der Waals surface area (Å²) in [6.07, 6.45) is 0. The lowest BCUT2D eigenvalue weighted by Crippen LogP contribution is -2.43. The zero-order valence-electron chi connectivity index (χ0n) is 18.3. The summed E-state index contributed by atoms with van der Waals surface area (Å²) in [7, 11) is 4.38. The first-order chi connectivity index (χ1) is 15.5. The molecule has 10 heteroatoms. The first-order valence-corrected chi connectivity index (χ1v) is 10.1. The van der Waals surface area contributed by atoms with Crippen molar-refractivity contribution >= 4 is 11.6 Å². The lowest BCUT2D eigenvalue weighted by atomic mass is 10.0. The number of nitrogens with zero attached hydrogens (tertiary/aromatic N) is 2. The number of carbonyl (C=O) groups excluding carboxylic acids is 1. The molecule has 1 amide bonds. The number of nitro groups is 1.